The van der Waals surface area contributed by atoms with Gasteiger partial charge in [0, 0.05) is 28.5 Å². The van der Waals surface area contributed by atoms with Crippen LogP contribution in [0.25, 0.3) is 0 Å². The summed E-state index contributed by atoms with van der Waals surface area (Å²) in [5.41, 5.74) is 1.46. The van der Waals surface area contributed by atoms with Gasteiger partial charge < -0.3 is 13.6 Å². The van der Waals surface area contributed by atoms with E-state index in [-0.39, 0.29) is 0 Å². The molecule has 6 nitrogen and oxygen atoms in total. The monoisotopic (exact) mass is 426 g/mol. The summed E-state index contributed by atoms with van der Waals surface area (Å²) in [6.07, 6.45) is 2.15. The second-order valence-electron chi connectivity index (χ2n) is 5.78. The maximum absolute atomic E-state index is 10.8. The SMILES string of the molecule is O=Cc1ccc(OP(=S)(Oc2ccc(C=O)cc2)Oc2ccc(C=O)cc2)cc1. The molecule has 0 N–H and O–H groups in total. The average Bonchev–Trinajstić information content (AvgIpc) is 2.75. The minimum absolute atomic E-state index is 0.368. The molecule has 0 fully saturated rings. The van der Waals surface area contributed by atoms with Crippen molar-refractivity contribution in [1.29, 1.82) is 0 Å². The summed E-state index contributed by atoms with van der Waals surface area (Å²) in [4.78, 5) is 32.5. The first-order valence-electron chi connectivity index (χ1n) is 8.38. The van der Waals surface area contributed by atoms with E-state index in [1.165, 1.54) is 0 Å². The minimum atomic E-state index is -3.39. The predicted molar refractivity (Wildman–Crippen MR) is 112 cm³/mol. The van der Waals surface area contributed by atoms with Crippen LogP contribution in [0, 0.1) is 0 Å². The molecule has 8 heteroatoms. The fourth-order valence-corrected chi connectivity index (χ4v) is 4.29. The molecule has 3 rings (SSSR count). The Hall–Kier alpha value is -3.28. The van der Waals surface area contributed by atoms with Crippen molar-refractivity contribution in [3.63, 3.8) is 0 Å². The average molecular weight is 426 g/mol. The zero-order valence-corrected chi connectivity index (χ0v) is 16.7. The lowest BCUT2D eigenvalue weighted by Gasteiger charge is -2.23. The van der Waals surface area contributed by atoms with Crippen molar-refractivity contribution < 1.29 is 28.0 Å². The van der Waals surface area contributed by atoms with Gasteiger partial charge in [0.1, 0.15) is 36.1 Å². The molecule has 29 heavy (non-hydrogen) atoms. The van der Waals surface area contributed by atoms with Crippen LogP contribution in [0.5, 0.6) is 17.2 Å². The third kappa shape index (κ3) is 5.60. The van der Waals surface area contributed by atoms with Crippen LogP contribution in [0.3, 0.4) is 0 Å². The Kier molecular flexibility index (Phi) is 6.54. The molecule has 0 aliphatic carbocycles. The van der Waals surface area contributed by atoms with E-state index >= 15 is 0 Å². The van der Waals surface area contributed by atoms with Crippen LogP contribution in [0.2, 0.25) is 0 Å². The molecule has 3 aromatic rings. The van der Waals surface area contributed by atoms with E-state index < -0.39 is 6.72 Å². The molecule has 3 aromatic carbocycles. The zero-order valence-electron chi connectivity index (χ0n) is 15.0. The summed E-state index contributed by atoms with van der Waals surface area (Å²) in [5.74, 6) is 1.11. The second kappa shape index (κ2) is 9.28. The molecule has 0 spiro atoms. The van der Waals surface area contributed by atoms with E-state index in [2.05, 4.69) is 0 Å². The molecule has 0 saturated carbocycles. The van der Waals surface area contributed by atoms with E-state index in [0.717, 1.165) is 18.9 Å². The highest BCUT2D eigenvalue weighted by Crippen LogP contribution is 2.50. The van der Waals surface area contributed by atoms with Gasteiger partial charge in [-0.05, 0) is 72.8 Å². The van der Waals surface area contributed by atoms with Crippen molar-refractivity contribution in [3.05, 3.63) is 89.5 Å². The first kappa shape index (κ1) is 20.5. The van der Waals surface area contributed by atoms with Gasteiger partial charge in [0.15, 0.2) is 0 Å². The summed E-state index contributed by atoms with van der Waals surface area (Å²) >= 11 is 5.57. The molecule has 0 aliphatic heterocycles. The van der Waals surface area contributed by atoms with Crippen molar-refractivity contribution in [2.45, 2.75) is 0 Å². The van der Waals surface area contributed by atoms with E-state index in [4.69, 9.17) is 25.4 Å². The number of carbonyl (C=O) groups excluding carboxylic acids is 3. The summed E-state index contributed by atoms with van der Waals surface area (Å²) < 4.78 is 17.5. The normalized spacial score (nSPS) is 10.6. The molecule has 0 heterocycles. The molecular weight excluding hydrogens is 411 g/mol. The lowest BCUT2D eigenvalue weighted by Crippen LogP contribution is -2.07. The number of rotatable bonds is 9. The van der Waals surface area contributed by atoms with Gasteiger partial charge >= 0.3 is 6.72 Å². The summed E-state index contributed by atoms with van der Waals surface area (Å²) in [6.45, 7) is -3.39. The molecular formula is C21H15O6PS. The number of carbonyl (C=O) groups is 3. The first-order chi connectivity index (χ1) is 14.0. The molecule has 0 aliphatic rings. The molecule has 146 valence electrons. The van der Waals surface area contributed by atoms with E-state index in [0.29, 0.717) is 33.9 Å². The maximum atomic E-state index is 10.8. The Morgan fingerprint density at radius 1 is 0.517 bits per heavy atom. The largest absolute Gasteiger partial charge is 0.490 e. The summed E-state index contributed by atoms with van der Waals surface area (Å²) in [5, 5.41) is 0. The van der Waals surface area contributed by atoms with Crippen LogP contribution < -0.4 is 13.6 Å². The molecule has 0 saturated heterocycles. The Bertz CT molecular complexity index is 909. The van der Waals surface area contributed by atoms with Crippen LogP contribution in [0.1, 0.15) is 31.1 Å². The fourth-order valence-electron chi connectivity index (χ4n) is 2.26. The number of benzene rings is 3. The van der Waals surface area contributed by atoms with Gasteiger partial charge in [-0.3, -0.25) is 14.4 Å². The highest BCUT2D eigenvalue weighted by Gasteiger charge is 2.27. The van der Waals surface area contributed by atoms with Gasteiger partial charge in [-0.2, -0.15) is 0 Å². The molecule has 0 unspecified atom stereocenters. The lowest BCUT2D eigenvalue weighted by molar-refractivity contribution is 0.111. The smallest absolute Gasteiger partial charge is 0.407 e. The quantitative estimate of drug-likeness (QED) is 0.356. The second-order valence-corrected chi connectivity index (χ2v) is 8.57. The maximum Gasteiger partial charge on any atom is 0.490 e. The molecule has 0 aromatic heterocycles. The van der Waals surface area contributed by atoms with Crippen LogP contribution in [0.15, 0.2) is 72.8 Å². The van der Waals surface area contributed by atoms with E-state index in [9.17, 15) is 14.4 Å². The van der Waals surface area contributed by atoms with Crippen LogP contribution in [-0.4, -0.2) is 18.9 Å². The van der Waals surface area contributed by atoms with Crippen molar-refractivity contribution in [3.8, 4) is 17.2 Å². The van der Waals surface area contributed by atoms with Gasteiger partial charge in [0.25, 0.3) is 0 Å². The van der Waals surface area contributed by atoms with Crippen LogP contribution >= 0.6 is 6.72 Å². The Balaban J connectivity index is 1.88. The van der Waals surface area contributed by atoms with E-state index in [1.807, 2.05) is 0 Å². The highest BCUT2D eigenvalue weighted by atomic mass is 32.5. The number of aldehydes is 3. The van der Waals surface area contributed by atoms with Gasteiger partial charge in [0.2, 0.25) is 0 Å². The van der Waals surface area contributed by atoms with Gasteiger partial charge in [0.05, 0.1) is 0 Å². The summed E-state index contributed by atoms with van der Waals surface area (Å²) in [7, 11) is 0. The third-order valence-corrected chi connectivity index (χ3v) is 5.67. The minimum Gasteiger partial charge on any atom is -0.407 e. The van der Waals surface area contributed by atoms with Crippen LogP contribution in [-0.2, 0) is 11.8 Å². The standard InChI is InChI=1S/C21H15O6PS/c22-13-16-1-7-19(8-2-16)25-28(29,26-20-9-3-17(14-23)4-10-20)27-21-11-5-18(15-24)6-12-21/h1-15H. The third-order valence-electron chi connectivity index (χ3n) is 3.70. The predicted octanol–water partition coefficient (Wildman–Crippen LogP) is 4.89. The van der Waals surface area contributed by atoms with Crippen molar-refractivity contribution in [2.75, 3.05) is 0 Å². The van der Waals surface area contributed by atoms with Crippen molar-refractivity contribution >= 4 is 37.4 Å². The molecule has 0 atom stereocenters. The first-order valence-corrected chi connectivity index (χ1v) is 10.9. The number of hydrogen-bond acceptors (Lipinski definition) is 7. The molecule has 0 amide bonds. The number of hydrogen-bond donors (Lipinski definition) is 0. The Labute approximate surface area is 172 Å². The Morgan fingerprint density at radius 2 is 0.759 bits per heavy atom. The summed E-state index contributed by atoms with van der Waals surface area (Å²) in [6, 6.07) is 19.0. The van der Waals surface area contributed by atoms with E-state index in [1.54, 1.807) is 72.8 Å². The van der Waals surface area contributed by atoms with Crippen molar-refractivity contribution in [2.24, 2.45) is 0 Å². The molecule has 0 bridgehead atoms. The van der Waals surface area contributed by atoms with Gasteiger partial charge in [-0.15, -0.1) is 0 Å². The Morgan fingerprint density at radius 3 is 0.966 bits per heavy atom. The zero-order chi connectivity index (χ0) is 20.7. The topological polar surface area (TPSA) is 78.9 Å². The highest BCUT2D eigenvalue weighted by molar-refractivity contribution is 8.08. The lowest BCUT2D eigenvalue weighted by atomic mass is 10.2. The molecule has 0 radical (unpaired) electrons. The van der Waals surface area contributed by atoms with Gasteiger partial charge in [-0.25, -0.2) is 0 Å². The fraction of sp³-hybridized carbons (Fsp3) is 0. The van der Waals surface area contributed by atoms with Gasteiger partial charge in [-0.1, -0.05) is 0 Å². The van der Waals surface area contributed by atoms with Crippen LogP contribution in [0.4, 0.5) is 0 Å². The van der Waals surface area contributed by atoms with Crippen molar-refractivity contribution in [1.82, 2.24) is 0 Å².